The first-order valence-corrected chi connectivity index (χ1v) is 13.2. The molecule has 0 bridgehead atoms. The SMILES string of the molecule is Cc1ccc2cccc(OCc3c(Cl)ccc(N(C)C(=O)CNC(=O)/C=C/c4ccc(C(F)(F)F)cc4)c3C(N)=O)c2n1. The number of rotatable bonds is 9. The quantitative estimate of drug-likeness (QED) is 0.237. The van der Waals surface area contributed by atoms with Crippen LogP contribution in [0.5, 0.6) is 5.75 Å². The number of benzene rings is 3. The minimum absolute atomic E-state index is 0.0266. The van der Waals surface area contributed by atoms with Crippen LogP contribution < -0.4 is 20.7 Å². The maximum Gasteiger partial charge on any atom is 0.416 e. The lowest BCUT2D eigenvalue weighted by Crippen LogP contribution is -2.38. The molecule has 0 aliphatic heterocycles. The number of primary amides is 1. The number of aromatic nitrogens is 1. The van der Waals surface area contributed by atoms with Crippen LogP contribution in [0.2, 0.25) is 5.02 Å². The Labute approximate surface area is 249 Å². The van der Waals surface area contributed by atoms with Crippen molar-refractivity contribution in [3.8, 4) is 5.75 Å². The monoisotopic (exact) mass is 610 g/mol. The number of para-hydroxylation sites is 1. The summed E-state index contributed by atoms with van der Waals surface area (Å²) in [6.45, 7) is 1.26. The minimum Gasteiger partial charge on any atom is -0.487 e. The van der Waals surface area contributed by atoms with Gasteiger partial charge in [0.05, 0.1) is 23.4 Å². The van der Waals surface area contributed by atoms with Crippen molar-refractivity contribution in [1.29, 1.82) is 0 Å². The first kappa shape index (κ1) is 31.0. The molecule has 0 radical (unpaired) electrons. The maximum atomic E-state index is 12.9. The molecular weight excluding hydrogens is 585 g/mol. The summed E-state index contributed by atoms with van der Waals surface area (Å²) in [6, 6.07) is 16.4. The Kier molecular flexibility index (Phi) is 9.35. The van der Waals surface area contributed by atoms with E-state index in [-0.39, 0.29) is 28.4 Å². The molecule has 0 saturated heterocycles. The summed E-state index contributed by atoms with van der Waals surface area (Å²) in [5, 5.41) is 3.47. The van der Waals surface area contributed by atoms with Crippen LogP contribution in [-0.2, 0) is 22.4 Å². The number of amides is 3. The zero-order valence-corrected chi connectivity index (χ0v) is 23.8. The Bertz CT molecular complexity index is 1720. The zero-order chi connectivity index (χ0) is 31.3. The minimum atomic E-state index is -4.47. The van der Waals surface area contributed by atoms with Crippen LogP contribution in [0.25, 0.3) is 17.0 Å². The topological polar surface area (TPSA) is 115 Å². The fourth-order valence-corrected chi connectivity index (χ4v) is 4.43. The summed E-state index contributed by atoms with van der Waals surface area (Å²) >= 11 is 6.43. The third kappa shape index (κ3) is 7.49. The Balaban J connectivity index is 1.46. The third-order valence-electron chi connectivity index (χ3n) is 6.49. The van der Waals surface area contributed by atoms with E-state index < -0.39 is 36.0 Å². The van der Waals surface area contributed by atoms with Gasteiger partial charge in [0.15, 0.2) is 0 Å². The molecule has 0 saturated carbocycles. The van der Waals surface area contributed by atoms with Crippen molar-refractivity contribution in [3.05, 3.63) is 106 Å². The van der Waals surface area contributed by atoms with Gasteiger partial charge in [-0.3, -0.25) is 14.4 Å². The van der Waals surface area contributed by atoms with Crippen molar-refractivity contribution in [3.63, 3.8) is 0 Å². The highest BCUT2D eigenvalue weighted by molar-refractivity contribution is 6.32. The number of pyridine rings is 1. The van der Waals surface area contributed by atoms with Gasteiger partial charge in [-0.15, -0.1) is 0 Å². The number of nitrogens with one attached hydrogen (secondary N) is 1. The Morgan fingerprint density at radius 3 is 2.44 bits per heavy atom. The summed E-state index contributed by atoms with van der Waals surface area (Å²) < 4.78 is 44.2. The van der Waals surface area contributed by atoms with E-state index in [0.717, 1.165) is 34.2 Å². The van der Waals surface area contributed by atoms with E-state index >= 15 is 0 Å². The number of nitrogens with two attached hydrogens (primary N) is 1. The number of ether oxygens (including phenoxy) is 1. The molecule has 1 aromatic heterocycles. The molecule has 3 N–H and O–H groups in total. The van der Waals surface area contributed by atoms with Crippen molar-refractivity contribution in [1.82, 2.24) is 10.3 Å². The Morgan fingerprint density at radius 1 is 1.05 bits per heavy atom. The lowest BCUT2D eigenvalue weighted by atomic mass is 10.0. The molecule has 0 fully saturated rings. The van der Waals surface area contributed by atoms with Gasteiger partial charge < -0.3 is 20.7 Å². The number of anilines is 1. The number of alkyl halides is 3. The summed E-state index contributed by atoms with van der Waals surface area (Å²) in [5.74, 6) is -1.61. The van der Waals surface area contributed by atoms with E-state index in [2.05, 4.69) is 10.3 Å². The molecule has 0 aliphatic rings. The van der Waals surface area contributed by atoms with E-state index in [1.807, 2.05) is 25.1 Å². The van der Waals surface area contributed by atoms with Gasteiger partial charge in [-0.25, -0.2) is 4.98 Å². The van der Waals surface area contributed by atoms with Gasteiger partial charge in [0.25, 0.3) is 5.91 Å². The van der Waals surface area contributed by atoms with Crippen LogP contribution in [0.15, 0.2) is 72.8 Å². The van der Waals surface area contributed by atoms with Gasteiger partial charge in [0.1, 0.15) is 17.9 Å². The average Bonchev–Trinajstić information content (AvgIpc) is 2.97. The number of halogens is 4. The number of hydrogen-bond acceptors (Lipinski definition) is 5. The molecule has 0 spiro atoms. The van der Waals surface area contributed by atoms with Gasteiger partial charge >= 0.3 is 6.18 Å². The third-order valence-corrected chi connectivity index (χ3v) is 6.84. The van der Waals surface area contributed by atoms with Gasteiger partial charge in [-0.05, 0) is 55.0 Å². The van der Waals surface area contributed by atoms with Crippen LogP contribution in [0.3, 0.4) is 0 Å². The fraction of sp³-hybridized carbons (Fsp3) is 0.161. The molecular formula is C31H26ClF3N4O4. The number of nitrogens with zero attached hydrogens (tertiary/aromatic N) is 2. The van der Waals surface area contributed by atoms with E-state index in [0.29, 0.717) is 16.8 Å². The molecule has 3 aromatic carbocycles. The molecule has 222 valence electrons. The molecule has 3 amide bonds. The number of carbonyl (C=O) groups is 3. The van der Waals surface area contributed by atoms with Crippen LogP contribution >= 0.6 is 11.6 Å². The van der Waals surface area contributed by atoms with Crippen molar-refractivity contribution in [2.75, 3.05) is 18.5 Å². The highest BCUT2D eigenvalue weighted by atomic mass is 35.5. The van der Waals surface area contributed by atoms with Gasteiger partial charge in [-0.1, -0.05) is 41.9 Å². The smallest absolute Gasteiger partial charge is 0.416 e. The first-order chi connectivity index (χ1) is 20.3. The standard InChI is InChI=1S/C31H26ClF3N4O4/c1-18-6-10-20-4-3-5-25(29(20)38-18)43-17-22-23(32)13-14-24(28(22)30(36)42)39(2)27(41)16-37-26(40)15-9-19-7-11-21(12-8-19)31(33,34)35/h3-15H,16-17H2,1-2H3,(H2,36,42)(H,37,40)/b15-9+. The number of fused-ring (bicyclic) bond motifs is 1. The van der Waals surface area contributed by atoms with E-state index in [1.165, 1.54) is 37.4 Å². The fourth-order valence-electron chi connectivity index (χ4n) is 4.22. The molecule has 0 unspecified atom stereocenters. The molecule has 0 aliphatic carbocycles. The first-order valence-electron chi connectivity index (χ1n) is 12.8. The lowest BCUT2D eigenvalue weighted by molar-refractivity contribution is -0.137. The second kappa shape index (κ2) is 13.0. The van der Waals surface area contributed by atoms with Crippen molar-refractivity contribution >= 4 is 52.0 Å². The maximum absolute atomic E-state index is 12.9. The largest absolute Gasteiger partial charge is 0.487 e. The molecule has 4 rings (SSSR count). The summed E-state index contributed by atoms with van der Waals surface area (Å²) in [7, 11) is 1.41. The average molecular weight is 611 g/mol. The number of carbonyl (C=O) groups excluding carboxylic acids is 3. The summed E-state index contributed by atoms with van der Waals surface area (Å²) in [4.78, 5) is 43.4. The molecule has 1 heterocycles. The molecule has 43 heavy (non-hydrogen) atoms. The molecule has 12 heteroatoms. The van der Waals surface area contributed by atoms with E-state index in [9.17, 15) is 27.6 Å². The number of aryl methyl sites for hydroxylation is 1. The van der Waals surface area contributed by atoms with E-state index in [1.54, 1.807) is 12.1 Å². The van der Waals surface area contributed by atoms with Gasteiger partial charge in [0.2, 0.25) is 11.8 Å². The zero-order valence-electron chi connectivity index (χ0n) is 23.0. The predicted molar refractivity (Wildman–Crippen MR) is 158 cm³/mol. The second-order valence-electron chi connectivity index (χ2n) is 9.48. The van der Waals surface area contributed by atoms with Gasteiger partial charge in [-0.2, -0.15) is 13.2 Å². The van der Waals surface area contributed by atoms with Crippen LogP contribution in [-0.4, -0.2) is 36.3 Å². The molecule has 4 aromatic rings. The predicted octanol–water partition coefficient (Wildman–Crippen LogP) is 5.69. The van der Waals surface area contributed by atoms with Crippen molar-refractivity contribution in [2.45, 2.75) is 19.7 Å². The van der Waals surface area contributed by atoms with E-state index in [4.69, 9.17) is 22.1 Å². The number of hydrogen-bond donors (Lipinski definition) is 2. The van der Waals surface area contributed by atoms with Gasteiger partial charge in [0, 0.05) is 34.8 Å². The lowest BCUT2D eigenvalue weighted by Gasteiger charge is -2.22. The summed E-state index contributed by atoms with van der Waals surface area (Å²) in [6.07, 6.45) is -2.06. The molecule has 8 nitrogen and oxygen atoms in total. The Hall–Kier alpha value is -4.90. The highest BCUT2D eigenvalue weighted by Crippen LogP contribution is 2.32. The molecule has 0 atom stereocenters. The van der Waals surface area contributed by atoms with Crippen LogP contribution in [0, 0.1) is 6.92 Å². The second-order valence-corrected chi connectivity index (χ2v) is 9.88. The Morgan fingerprint density at radius 2 is 1.77 bits per heavy atom. The van der Waals surface area contributed by atoms with Crippen LogP contribution in [0.4, 0.5) is 18.9 Å². The van der Waals surface area contributed by atoms with Crippen LogP contribution in [0.1, 0.15) is 32.7 Å². The normalized spacial score (nSPS) is 11.5. The van der Waals surface area contributed by atoms with Crippen molar-refractivity contribution in [2.24, 2.45) is 5.73 Å². The summed E-state index contributed by atoms with van der Waals surface area (Å²) in [5.41, 5.74) is 7.08. The number of likely N-dealkylation sites (N-methyl/N-ethyl adjacent to an activating group) is 1. The van der Waals surface area contributed by atoms with Crippen molar-refractivity contribution < 1.29 is 32.3 Å². The highest BCUT2D eigenvalue weighted by Gasteiger charge is 2.30.